The van der Waals surface area contributed by atoms with E-state index in [9.17, 15) is 9.59 Å². The highest BCUT2D eigenvalue weighted by atomic mass is 32.2. The van der Waals surface area contributed by atoms with Crippen LogP contribution in [0.15, 0.2) is 48.5 Å². The van der Waals surface area contributed by atoms with Crippen molar-refractivity contribution in [3.63, 3.8) is 0 Å². The second-order valence-corrected chi connectivity index (χ2v) is 8.74. The number of amides is 2. The summed E-state index contributed by atoms with van der Waals surface area (Å²) in [7, 11) is 1.66. The van der Waals surface area contributed by atoms with E-state index in [-0.39, 0.29) is 17.1 Å². The first-order valence-corrected chi connectivity index (χ1v) is 11.4. The van der Waals surface area contributed by atoms with Crippen LogP contribution in [0.1, 0.15) is 12.0 Å². The zero-order valence-corrected chi connectivity index (χ0v) is 18.0. The van der Waals surface area contributed by atoms with Crippen LogP contribution in [0.3, 0.4) is 0 Å². The van der Waals surface area contributed by atoms with E-state index < -0.39 is 0 Å². The van der Waals surface area contributed by atoms with Crippen LogP contribution in [0.4, 0.5) is 11.4 Å². The Bertz CT molecular complexity index is 895. The summed E-state index contributed by atoms with van der Waals surface area (Å²) in [5, 5.41) is 2.81. The highest BCUT2D eigenvalue weighted by molar-refractivity contribution is 8.01. The molecular weight excluding hydrogens is 398 g/mol. The summed E-state index contributed by atoms with van der Waals surface area (Å²) in [6.07, 6.45) is 1.60. The number of aryl methyl sites for hydroxylation is 1. The number of piperazine rings is 1. The van der Waals surface area contributed by atoms with Gasteiger partial charge in [-0.05, 0) is 48.7 Å². The lowest BCUT2D eigenvalue weighted by Crippen LogP contribution is -2.49. The molecule has 1 fully saturated rings. The average molecular weight is 426 g/mol. The number of hydrogen-bond donors (Lipinski definition) is 1. The first kappa shape index (κ1) is 20.6. The molecule has 2 aromatic carbocycles. The fourth-order valence-corrected chi connectivity index (χ4v) is 4.94. The molecular formula is C23H27N3O3S. The fourth-order valence-electron chi connectivity index (χ4n) is 3.92. The standard InChI is InChI=1S/C23H27N3O3S/c1-29-19-9-7-18(8-10-19)25-12-14-26(15-13-25)22(27)16-30-21-11-6-17-4-2-3-5-20(17)24-23(21)28/h2-5,7-10,21H,6,11-16H2,1H3,(H,24,28)/t21-/m0/s1. The number of rotatable bonds is 5. The molecule has 0 aromatic heterocycles. The maximum atomic E-state index is 12.7. The van der Waals surface area contributed by atoms with Crippen LogP contribution in [0.2, 0.25) is 0 Å². The Balaban J connectivity index is 1.25. The number of carbonyl (C=O) groups excluding carboxylic acids is 2. The van der Waals surface area contributed by atoms with Crippen LogP contribution in [0.25, 0.3) is 0 Å². The Hall–Kier alpha value is -2.67. The predicted molar refractivity (Wildman–Crippen MR) is 121 cm³/mol. The summed E-state index contributed by atoms with van der Waals surface area (Å²) in [5.41, 5.74) is 3.20. The smallest absolute Gasteiger partial charge is 0.237 e. The molecule has 2 amide bonds. The minimum absolute atomic E-state index is 0.00192. The lowest BCUT2D eigenvalue weighted by Gasteiger charge is -2.36. The van der Waals surface area contributed by atoms with Crippen LogP contribution in [0, 0.1) is 0 Å². The number of carbonyl (C=O) groups is 2. The number of hydrogen-bond acceptors (Lipinski definition) is 5. The number of ether oxygens (including phenoxy) is 1. The van der Waals surface area contributed by atoms with Gasteiger partial charge in [-0.1, -0.05) is 18.2 Å². The Kier molecular flexibility index (Phi) is 6.47. The molecule has 2 aliphatic rings. The number of thioether (sulfide) groups is 1. The summed E-state index contributed by atoms with van der Waals surface area (Å²) in [4.78, 5) is 29.5. The van der Waals surface area contributed by atoms with E-state index in [0.717, 1.165) is 48.6 Å². The molecule has 30 heavy (non-hydrogen) atoms. The molecule has 2 aliphatic heterocycles. The van der Waals surface area contributed by atoms with Crippen molar-refractivity contribution in [2.24, 2.45) is 0 Å². The van der Waals surface area contributed by atoms with Crippen LogP contribution >= 0.6 is 11.8 Å². The monoisotopic (exact) mass is 425 g/mol. The van der Waals surface area contributed by atoms with Gasteiger partial charge in [0.25, 0.3) is 0 Å². The third-order valence-electron chi connectivity index (χ3n) is 5.72. The van der Waals surface area contributed by atoms with Crippen molar-refractivity contribution in [3.8, 4) is 5.75 Å². The first-order valence-electron chi connectivity index (χ1n) is 10.3. The molecule has 0 aliphatic carbocycles. The zero-order valence-electron chi connectivity index (χ0n) is 17.2. The van der Waals surface area contributed by atoms with Gasteiger partial charge in [0.1, 0.15) is 5.75 Å². The topological polar surface area (TPSA) is 61.9 Å². The molecule has 2 aromatic rings. The Morgan fingerprint density at radius 2 is 1.83 bits per heavy atom. The Morgan fingerprint density at radius 1 is 1.10 bits per heavy atom. The van der Waals surface area contributed by atoms with Gasteiger partial charge in [-0.2, -0.15) is 0 Å². The third-order valence-corrected chi connectivity index (χ3v) is 6.99. The molecule has 7 heteroatoms. The van der Waals surface area contributed by atoms with Crippen molar-refractivity contribution in [3.05, 3.63) is 54.1 Å². The van der Waals surface area contributed by atoms with Crippen molar-refractivity contribution in [1.82, 2.24) is 4.90 Å². The van der Waals surface area contributed by atoms with E-state index in [0.29, 0.717) is 18.8 Å². The molecule has 0 radical (unpaired) electrons. The summed E-state index contributed by atoms with van der Waals surface area (Å²) in [6, 6.07) is 15.9. The minimum atomic E-state index is -0.193. The van der Waals surface area contributed by atoms with Crippen LogP contribution in [-0.4, -0.2) is 61.0 Å². The first-order chi connectivity index (χ1) is 14.6. The second-order valence-electron chi connectivity index (χ2n) is 7.55. The highest BCUT2D eigenvalue weighted by Crippen LogP contribution is 2.27. The van der Waals surface area contributed by atoms with E-state index in [1.165, 1.54) is 11.8 Å². The number of fused-ring (bicyclic) bond motifs is 1. The highest BCUT2D eigenvalue weighted by Gasteiger charge is 2.27. The van der Waals surface area contributed by atoms with Gasteiger partial charge >= 0.3 is 0 Å². The maximum absolute atomic E-state index is 12.7. The molecule has 0 saturated carbocycles. The third kappa shape index (κ3) is 4.73. The van der Waals surface area contributed by atoms with Crippen molar-refractivity contribution >= 4 is 35.0 Å². The summed E-state index contributed by atoms with van der Waals surface area (Å²) >= 11 is 1.46. The van der Waals surface area contributed by atoms with Gasteiger partial charge in [0.15, 0.2) is 0 Å². The summed E-state index contributed by atoms with van der Waals surface area (Å²) < 4.78 is 5.21. The number of para-hydroxylation sites is 1. The van der Waals surface area contributed by atoms with Gasteiger partial charge in [-0.15, -0.1) is 11.8 Å². The zero-order chi connectivity index (χ0) is 20.9. The molecule has 0 unspecified atom stereocenters. The summed E-state index contributed by atoms with van der Waals surface area (Å²) in [5.74, 6) is 1.30. The molecule has 0 spiro atoms. The molecule has 2 heterocycles. The van der Waals surface area contributed by atoms with Gasteiger partial charge in [0.2, 0.25) is 11.8 Å². The number of nitrogens with zero attached hydrogens (tertiary/aromatic N) is 2. The summed E-state index contributed by atoms with van der Waals surface area (Å²) in [6.45, 7) is 3.02. The van der Waals surface area contributed by atoms with E-state index in [1.807, 2.05) is 35.2 Å². The van der Waals surface area contributed by atoms with Gasteiger partial charge in [-0.25, -0.2) is 0 Å². The van der Waals surface area contributed by atoms with E-state index in [1.54, 1.807) is 7.11 Å². The number of anilines is 2. The normalized spacial score (nSPS) is 19.0. The molecule has 158 valence electrons. The average Bonchev–Trinajstić information content (AvgIpc) is 2.95. The van der Waals surface area contributed by atoms with Crippen LogP contribution in [-0.2, 0) is 16.0 Å². The fraction of sp³-hybridized carbons (Fsp3) is 0.391. The van der Waals surface area contributed by atoms with Gasteiger partial charge in [0, 0.05) is 37.6 Å². The second kappa shape index (κ2) is 9.43. The van der Waals surface area contributed by atoms with Gasteiger partial charge in [-0.3, -0.25) is 9.59 Å². The SMILES string of the molecule is COc1ccc(N2CCN(C(=O)CS[C@H]3CCc4ccccc4NC3=O)CC2)cc1. The Morgan fingerprint density at radius 3 is 2.57 bits per heavy atom. The maximum Gasteiger partial charge on any atom is 0.237 e. The molecule has 4 rings (SSSR count). The van der Waals surface area contributed by atoms with Crippen molar-refractivity contribution in [2.45, 2.75) is 18.1 Å². The van der Waals surface area contributed by atoms with E-state index >= 15 is 0 Å². The quantitative estimate of drug-likeness (QED) is 0.798. The van der Waals surface area contributed by atoms with Crippen molar-refractivity contribution < 1.29 is 14.3 Å². The number of methoxy groups -OCH3 is 1. The van der Waals surface area contributed by atoms with E-state index in [4.69, 9.17) is 4.74 Å². The van der Waals surface area contributed by atoms with Crippen LogP contribution in [0.5, 0.6) is 5.75 Å². The molecule has 0 bridgehead atoms. The minimum Gasteiger partial charge on any atom is -0.497 e. The predicted octanol–water partition coefficient (Wildman–Crippen LogP) is 3.03. The molecule has 1 N–H and O–H groups in total. The molecule has 1 saturated heterocycles. The lowest BCUT2D eigenvalue weighted by molar-refractivity contribution is -0.128. The largest absolute Gasteiger partial charge is 0.497 e. The number of benzene rings is 2. The van der Waals surface area contributed by atoms with E-state index in [2.05, 4.69) is 28.4 Å². The number of nitrogens with one attached hydrogen (secondary N) is 1. The van der Waals surface area contributed by atoms with Gasteiger partial charge < -0.3 is 19.9 Å². The van der Waals surface area contributed by atoms with Crippen LogP contribution < -0.4 is 15.0 Å². The Labute approximate surface area is 181 Å². The van der Waals surface area contributed by atoms with Crippen molar-refractivity contribution in [1.29, 1.82) is 0 Å². The molecule has 1 atom stereocenters. The van der Waals surface area contributed by atoms with Gasteiger partial charge in [0.05, 0.1) is 18.1 Å². The lowest BCUT2D eigenvalue weighted by atomic mass is 10.1. The molecule has 6 nitrogen and oxygen atoms in total. The van der Waals surface area contributed by atoms with Crippen molar-refractivity contribution in [2.75, 3.05) is 49.3 Å².